The second-order valence-electron chi connectivity index (χ2n) is 7.54. The van der Waals surface area contributed by atoms with E-state index in [0.29, 0.717) is 17.0 Å². The lowest BCUT2D eigenvalue weighted by atomic mass is 9.86. The molecule has 2 aromatic rings. The van der Waals surface area contributed by atoms with Crippen LogP contribution in [0.15, 0.2) is 64.1 Å². The topological polar surface area (TPSA) is 92.8 Å². The number of sulfonamides is 1. The van der Waals surface area contributed by atoms with E-state index in [4.69, 9.17) is 5.14 Å². The van der Waals surface area contributed by atoms with Crippen molar-refractivity contribution in [2.24, 2.45) is 10.2 Å². The van der Waals surface area contributed by atoms with Gasteiger partial charge in [-0.05, 0) is 53.8 Å². The number of benzene rings is 2. The van der Waals surface area contributed by atoms with Crippen LogP contribution in [-0.2, 0) is 20.2 Å². The molecule has 1 heterocycles. The third kappa shape index (κ3) is 4.59. The van der Waals surface area contributed by atoms with Gasteiger partial charge in [-0.2, -0.15) is 10.1 Å². The van der Waals surface area contributed by atoms with Gasteiger partial charge in [0.25, 0.3) is 5.91 Å². The van der Waals surface area contributed by atoms with Gasteiger partial charge in [-0.1, -0.05) is 60.7 Å². The summed E-state index contributed by atoms with van der Waals surface area (Å²) in [5.41, 5.74) is 3.83. The number of hydrazone groups is 1. The maximum atomic E-state index is 12.9. The SMILES string of the molecule is CC1=NN(c2ccc(S(N)(=O)=O)cc2)C(=O)/C1=C\c1ccc(C(C)(C)CI)cc1. The molecule has 0 fully saturated rings. The van der Waals surface area contributed by atoms with Crippen LogP contribution in [0.2, 0.25) is 0 Å². The number of hydrogen-bond donors (Lipinski definition) is 1. The van der Waals surface area contributed by atoms with Gasteiger partial charge in [-0.15, -0.1) is 0 Å². The summed E-state index contributed by atoms with van der Waals surface area (Å²) in [4.78, 5) is 12.9. The molecule has 2 N–H and O–H groups in total. The molecule has 3 rings (SSSR count). The normalized spacial score (nSPS) is 16.4. The van der Waals surface area contributed by atoms with Gasteiger partial charge in [-0.25, -0.2) is 13.6 Å². The minimum absolute atomic E-state index is 0.0149. The van der Waals surface area contributed by atoms with Gasteiger partial charge >= 0.3 is 0 Å². The Hall–Kier alpha value is -2.04. The number of rotatable bonds is 5. The fourth-order valence-electron chi connectivity index (χ4n) is 2.91. The fraction of sp³-hybridized carbons (Fsp3) is 0.238. The van der Waals surface area contributed by atoms with Crippen LogP contribution < -0.4 is 10.1 Å². The van der Waals surface area contributed by atoms with Gasteiger partial charge in [-0.3, -0.25) is 4.79 Å². The Morgan fingerprint density at radius 1 is 1.10 bits per heavy atom. The second-order valence-corrected chi connectivity index (χ2v) is 9.86. The van der Waals surface area contributed by atoms with Crippen molar-refractivity contribution < 1.29 is 13.2 Å². The molecule has 29 heavy (non-hydrogen) atoms. The summed E-state index contributed by atoms with van der Waals surface area (Å²) in [6, 6.07) is 13.9. The van der Waals surface area contributed by atoms with E-state index in [0.717, 1.165) is 9.99 Å². The van der Waals surface area contributed by atoms with Crippen molar-refractivity contribution in [2.75, 3.05) is 9.44 Å². The summed E-state index contributed by atoms with van der Waals surface area (Å²) in [5, 5.41) is 10.7. The average molecular weight is 523 g/mol. The molecule has 0 aliphatic carbocycles. The van der Waals surface area contributed by atoms with Crippen molar-refractivity contribution in [1.29, 1.82) is 0 Å². The Balaban J connectivity index is 1.86. The number of carbonyl (C=O) groups excluding carboxylic acids is 1. The third-order valence-electron chi connectivity index (χ3n) is 4.81. The predicted octanol–water partition coefficient (Wildman–Crippen LogP) is 3.85. The molecular formula is C21H22IN3O3S. The zero-order valence-electron chi connectivity index (χ0n) is 16.4. The number of primary sulfonamides is 1. The maximum Gasteiger partial charge on any atom is 0.280 e. The predicted molar refractivity (Wildman–Crippen MR) is 125 cm³/mol. The first-order valence-corrected chi connectivity index (χ1v) is 12.0. The second kappa shape index (κ2) is 8.00. The average Bonchev–Trinajstić information content (AvgIpc) is 2.96. The maximum absolute atomic E-state index is 12.9. The number of nitrogens with two attached hydrogens (primary N) is 1. The van der Waals surface area contributed by atoms with E-state index in [1.54, 1.807) is 6.92 Å². The highest BCUT2D eigenvalue weighted by atomic mass is 127. The summed E-state index contributed by atoms with van der Waals surface area (Å²) in [6.45, 7) is 6.17. The summed E-state index contributed by atoms with van der Waals surface area (Å²) >= 11 is 2.38. The zero-order valence-corrected chi connectivity index (χ0v) is 19.4. The lowest BCUT2D eigenvalue weighted by Crippen LogP contribution is -2.21. The molecule has 0 atom stereocenters. The number of alkyl halides is 1. The third-order valence-corrected chi connectivity index (χ3v) is 7.65. The largest absolute Gasteiger partial charge is 0.280 e. The fourth-order valence-corrected chi connectivity index (χ4v) is 3.87. The molecule has 0 aromatic heterocycles. The quantitative estimate of drug-likeness (QED) is 0.367. The molecule has 1 aliphatic heterocycles. The van der Waals surface area contributed by atoms with Crippen LogP contribution in [-0.4, -0.2) is 24.5 Å². The smallest absolute Gasteiger partial charge is 0.267 e. The van der Waals surface area contributed by atoms with E-state index in [1.807, 2.05) is 18.2 Å². The van der Waals surface area contributed by atoms with Crippen LogP contribution in [0.3, 0.4) is 0 Å². The minimum Gasteiger partial charge on any atom is -0.267 e. The van der Waals surface area contributed by atoms with Crippen LogP contribution >= 0.6 is 22.6 Å². The first-order chi connectivity index (χ1) is 13.5. The van der Waals surface area contributed by atoms with Crippen molar-refractivity contribution in [3.8, 4) is 0 Å². The Bertz CT molecular complexity index is 1100. The van der Waals surface area contributed by atoms with Gasteiger partial charge in [0.05, 0.1) is 21.9 Å². The zero-order chi connectivity index (χ0) is 21.4. The lowest BCUT2D eigenvalue weighted by molar-refractivity contribution is -0.114. The van der Waals surface area contributed by atoms with Gasteiger partial charge in [0, 0.05) is 4.43 Å². The summed E-state index contributed by atoms with van der Waals surface area (Å²) in [6.07, 6.45) is 1.82. The van der Waals surface area contributed by atoms with Gasteiger partial charge < -0.3 is 0 Å². The van der Waals surface area contributed by atoms with Crippen LogP contribution in [0.1, 0.15) is 31.9 Å². The number of halogens is 1. The monoisotopic (exact) mass is 523 g/mol. The van der Waals surface area contributed by atoms with Crippen molar-refractivity contribution in [3.05, 3.63) is 65.2 Å². The van der Waals surface area contributed by atoms with E-state index in [1.165, 1.54) is 34.8 Å². The molecule has 1 amide bonds. The first-order valence-electron chi connectivity index (χ1n) is 8.94. The summed E-state index contributed by atoms with van der Waals surface area (Å²) in [7, 11) is -3.79. The van der Waals surface area contributed by atoms with E-state index >= 15 is 0 Å². The lowest BCUT2D eigenvalue weighted by Gasteiger charge is -2.22. The van der Waals surface area contributed by atoms with E-state index in [9.17, 15) is 13.2 Å². The van der Waals surface area contributed by atoms with Crippen molar-refractivity contribution in [2.45, 2.75) is 31.1 Å². The first kappa shape index (κ1) is 21.7. The van der Waals surface area contributed by atoms with Crippen molar-refractivity contribution in [3.63, 3.8) is 0 Å². The number of anilines is 1. The molecule has 8 heteroatoms. The van der Waals surface area contributed by atoms with E-state index < -0.39 is 10.0 Å². The van der Waals surface area contributed by atoms with Gasteiger partial charge in [0.15, 0.2) is 0 Å². The highest BCUT2D eigenvalue weighted by Gasteiger charge is 2.29. The summed E-state index contributed by atoms with van der Waals surface area (Å²) < 4.78 is 23.8. The molecule has 0 saturated heterocycles. The Morgan fingerprint density at radius 3 is 2.21 bits per heavy atom. The standard InChI is InChI=1S/C21H22IN3O3S/c1-14-19(12-15-4-6-16(7-5-15)21(2,3)13-22)20(26)25(24-14)17-8-10-18(11-9-17)29(23,27)28/h4-12H,13H2,1-3H3,(H2,23,27,28)/b19-12-. The van der Waals surface area contributed by atoms with Crippen molar-refractivity contribution >= 4 is 56.0 Å². The molecular weight excluding hydrogens is 501 g/mol. The van der Waals surface area contributed by atoms with Crippen LogP contribution in [0, 0.1) is 0 Å². The van der Waals surface area contributed by atoms with Crippen molar-refractivity contribution in [1.82, 2.24) is 0 Å². The molecule has 2 aromatic carbocycles. The molecule has 0 bridgehead atoms. The number of amides is 1. The highest BCUT2D eigenvalue weighted by Crippen LogP contribution is 2.28. The molecule has 6 nitrogen and oxygen atoms in total. The molecule has 0 unspecified atom stereocenters. The molecule has 0 spiro atoms. The number of carbonyl (C=O) groups is 1. The van der Waals surface area contributed by atoms with Gasteiger partial charge in [0.2, 0.25) is 10.0 Å². The number of hydrogen-bond acceptors (Lipinski definition) is 4. The molecule has 152 valence electrons. The molecule has 0 radical (unpaired) electrons. The van der Waals surface area contributed by atoms with Crippen LogP contribution in [0.4, 0.5) is 5.69 Å². The highest BCUT2D eigenvalue weighted by molar-refractivity contribution is 14.1. The minimum atomic E-state index is -3.79. The van der Waals surface area contributed by atoms with Crippen LogP contribution in [0.5, 0.6) is 0 Å². The Morgan fingerprint density at radius 2 is 1.69 bits per heavy atom. The Kier molecular flexibility index (Phi) is 5.98. The number of nitrogens with zero attached hydrogens (tertiary/aromatic N) is 2. The van der Waals surface area contributed by atoms with E-state index in [2.05, 4.69) is 53.7 Å². The Labute approximate surface area is 184 Å². The van der Waals surface area contributed by atoms with E-state index in [-0.39, 0.29) is 16.2 Å². The molecule has 0 saturated carbocycles. The van der Waals surface area contributed by atoms with Gasteiger partial charge in [0.1, 0.15) is 0 Å². The molecule has 1 aliphatic rings. The summed E-state index contributed by atoms with van der Waals surface area (Å²) in [5.74, 6) is -0.262. The van der Waals surface area contributed by atoms with Crippen LogP contribution in [0.25, 0.3) is 6.08 Å².